The Morgan fingerprint density at radius 3 is 2.89 bits per heavy atom. The van der Waals surface area contributed by atoms with Gasteiger partial charge >= 0.3 is 0 Å². The van der Waals surface area contributed by atoms with Crippen molar-refractivity contribution in [2.24, 2.45) is 5.92 Å². The minimum Gasteiger partial charge on any atom is -0.368 e. The van der Waals surface area contributed by atoms with Gasteiger partial charge in [0.2, 0.25) is 11.9 Å². The Kier molecular flexibility index (Phi) is 4.88. The molecule has 144 valence electrons. The predicted molar refractivity (Wildman–Crippen MR) is 97.7 cm³/mol. The fourth-order valence-corrected chi connectivity index (χ4v) is 3.88. The number of rotatable bonds is 4. The summed E-state index contributed by atoms with van der Waals surface area (Å²) in [6.07, 6.45) is 3.02. The van der Waals surface area contributed by atoms with Crippen molar-refractivity contribution in [2.45, 2.75) is 44.7 Å². The van der Waals surface area contributed by atoms with Gasteiger partial charge in [-0.2, -0.15) is 15.0 Å². The highest BCUT2D eigenvalue weighted by atomic mass is 19.2. The molecule has 2 fully saturated rings. The monoisotopic (exact) mass is 375 g/mol. The van der Waals surface area contributed by atoms with E-state index in [0.29, 0.717) is 17.8 Å². The largest absolute Gasteiger partial charge is 0.368 e. The number of nitrogens with zero attached hydrogens (tertiary/aromatic N) is 3. The van der Waals surface area contributed by atoms with Crippen LogP contribution in [0, 0.1) is 24.5 Å². The van der Waals surface area contributed by atoms with Crippen LogP contribution in [-0.4, -0.2) is 27.5 Å². The summed E-state index contributed by atoms with van der Waals surface area (Å²) in [6.45, 7) is 2.58. The molecule has 1 saturated heterocycles. The van der Waals surface area contributed by atoms with Crippen LogP contribution in [0.15, 0.2) is 12.1 Å². The van der Waals surface area contributed by atoms with Crippen LogP contribution < -0.4 is 21.9 Å². The molecular formula is C18H23F2N7. The first kappa shape index (κ1) is 18.0. The van der Waals surface area contributed by atoms with E-state index in [9.17, 15) is 8.78 Å². The second-order valence-corrected chi connectivity index (χ2v) is 7.30. The molecule has 2 aliphatic rings. The molecule has 1 saturated carbocycles. The van der Waals surface area contributed by atoms with Crippen molar-refractivity contribution >= 4 is 11.9 Å². The molecule has 0 bridgehead atoms. The van der Waals surface area contributed by atoms with E-state index >= 15 is 0 Å². The van der Waals surface area contributed by atoms with Gasteiger partial charge in [0.1, 0.15) is 5.82 Å². The average Bonchev–Trinajstić information content (AvgIpc) is 3.13. The third kappa shape index (κ3) is 3.70. The zero-order valence-electron chi connectivity index (χ0n) is 15.1. The van der Waals surface area contributed by atoms with Crippen molar-refractivity contribution in [2.75, 3.05) is 17.6 Å². The first-order chi connectivity index (χ1) is 13.0. The first-order valence-corrected chi connectivity index (χ1v) is 9.18. The molecule has 0 amide bonds. The molecule has 1 aromatic carbocycles. The number of nitrogen functional groups attached to an aromatic ring is 1. The van der Waals surface area contributed by atoms with E-state index in [1.54, 1.807) is 12.1 Å². The van der Waals surface area contributed by atoms with Gasteiger partial charge in [-0.05, 0) is 37.7 Å². The molecule has 7 nitrogen and oxygen atoms in total. The van der Waals surface area contributed by atoms with Crippen LogP contribution in [0.1, 0.15) is 42.1 Å². The summed E-state index contributed by atoms with van der Waals surface area (Å²) in [6, 6.07) is 3.50. The van der Waals surface area contributed by atoms with Gasteiger partial charge in [0.25, 0.3) is 0 Å². The third-order valence-corrected chi connectivity index (χ3v) is 5.47. The van der Waals surface area contributed by atoms with Gasteiger partial charge in [0.15, 0.2) is 11.6 Å². The summed E-state index contributed by atoms with van der Waals surface area (Å²) >= 11 is 0. The molecule has 0 spiro atoms. The highest BCUT2D eigenvalue weighted by Crippen LogP contribution is 2.36. The minimum atomic E-state index is -0.858. The molecule has 3 atom stereocenters. The van der Waals surface area contributed by atoms with E-state index in [0.717, 1.165) is 25.8 Å². The topological polar surface area (TPSA) is 101 Å². The smallest absolute Gasteiger partial charge is 0.228 e. The molecule has 5 N–H and O–H groups in total. The number of hydrogen-bond acceptors (Lipinski definition) is 7. The molecule has 4 rings (SSSR count). The quantitative estimate of drug-likeness (QED) is 0.649. The third-order valence-electron chi connectivity index (χ3n) is 5.47. The summed E-state index contributed by atoms with van der Waals surface area (Å²) < 4.78 is 27.8. The van der Waals surface area contributed by atoms with Gasteiger partial charge in [0.05, 0.1) is 0 Å². The SMILES string of the molecule is Cc1ccc(CNc2nc(N)nc(C3CCC4CNNC4C3)n2)c(F)c1F. The number of anilines is 2. The molecule has 0 radical (unpaired) electrons. The van der Waals surface area contributed by atoms with E-state index in [-0.39, 0.29) is 35.5 Å². The summed E-state index contributed by atoms with van der Waals surface area (Å²) in [5, 5.41) is 2.94. The van der Waals surface area contributed by atoms with Crippen molar-refractivity contribution in [3.05, 3.63) is 40.7 Å². The number of hydrogen-bond donors (Lipinski definition) is 4. The van der Waals surface area contributed by atoms with Crippen LogP contribution in [0.3, 0.4) is 0 Å². The highest BCUT2D eigenvalue weighted by Gasteiger charge is 2.35. The number of benzene rings is 1. The Balaban J connectivity index is 1.49. The second kappa shape index (κ2) is 7.32. The number of hydrazine groups is 1. The van der Waals surface area contributed by atoms with Gasteiger partial charge in [0, 0.05) is 30.6 Å². The number of halogens is 2. The van der Waals surface area contributed by atoms with E-state index in [4.69, 9.17) is 5.73 Å². The maximum Gasteiger partial charge on any atom is 0.228 e. The van der Waals surface area contributed by atoms with Crippen LogP contribution in [0.25, 0.3) is 0 Å². The van der Waals surface area contributed by atoms with Crippen LogP contribution in [-0.2, 0) is 6.54 Å². The lowest BCUT2D eigenvalue weighted by atomic mass is 9.79. The van der Waals surface area contributed by atoms with Crippen molar-refractivity contribution in [3.63, 3.8) is 0 Å². The zero-order chi connectivity index (χ0) is 19.0. The Morgan fingerprint density at radius 1 is 1.19 bits per heavy atom. The fourth-order valence-electron chi connectivity index (χ4n) is 3.88. The average molecular weight is 375 g/mol. The number of aromatic nitrogens is 3. The number of aryl methyl sites for hydroxylation is 1. The van der Waals surface area contributed by atoms with Gasteiger partial charge in [-0.3, -0.25) is 10.9 Å². The van der Waals surface area contributed by atoms with Gasteiger partial charge < -0.3 is 11.1 Å². The van der Waals surface area contributed by atoms with Crippen molar-refractivity contribution in [1.82, 2.24) is 25.8 Å². The molecule has 1 aromatic heterocycles. The van der Waals surface area contributed by atoms with Crippen molar-refractivity contribution in [1.29, 1.82) is 0 Å². The molecule has 1 aliphatic heterocycles. The minimum absolute atomic E-state index is 0.0623. The van der Waals surface area contributed by atoms with Crippen LogP contribution in [0.2, 0.25) is 0 Å². The molecular weight excluding hydrogens is 352 g/mol. The predicted octanol–water partition coefficient (Wildman–Crippen LogP) is 2.01. The summed E-state index contributed by atoms with van der Waals surface area (Å²) in [5.41, 5.74) is 12.8. The van der Waals surface area contributed by atoms with Gasteiger partial charge in [-0.25, -0.2) is 8.78 Å². The molecule has 9 heteroatoms. The Bertz CT molecular complexity index is 845. The lowest BCUT2D eigenvalue weighted by Gasteiger charge is -2.29. The fraction of sp³-hybridized carbons (Fsp3) is 0.500. The number of nitrogens with one attached hydrogen (secondary N) is 3. The lowest BCUT2D eigenvalue weighted by molar-refractivity contribution is 0.296. The molecule has 27 heavy (non-hydrogen) atoms. The molecule has 1 aliphatic carbocycles. The molecule has 3 unspecified atom stereocenters. The van der Waals surface area contributed by atoms with E-state index in [1.807, 2.05) is 0 Å². The van der Waals surface area contributed by atoms with Crippen LogP contribution in [0.4, 0.5) is 20.7 Å². The van der Waals surface area contributed by atoms with Crippen molar-refractivity contribution < 1.29 is 8.78 Å². The summed E-state index contributed by atoms with van der Waals surface area (Å²) in [7, 11) is 0. The zero-order valence-corrected chi connectivity index (χ0v) is 15.1. The van der Waals surface area contributed by atoms with Gasteiger partial charge in [-0.1, -0.05) is 12.1 Å². The lowest BCUT2D eigenvalue weighted by Crippen LogP contribution is -2.36. The maximum atomic E-state index is 14.0. The van der Waals surface area contributed by atoms with Crippen LogP contribution in [0.5, 0.6) is 0 Å². The standard InChI is InChI=1S/C18H23F2N7/c1-9-2-3-12(15(20)14(9)19)7-22-18-25-16(24-17(21)26-18)10-4-5-11-8-23-27-13(11)6-10/h2-3,10-11,13,23,27H,4-8H2,1H3,(H3,21,22,24,25,26). The maximum absolute atomic E-state index is 14.0. The first-order valence-electron chi connectivity index (χ1n) is 9.18. The van der Waals surface area contributed by atoms with E-state index < -0.39 is 11.6 Å². The Morgan fingerprint density at radius 2 is 2.04 bits per heavy atom. The van der Waals surface area contributed by atoms with E-state index in [2.05, 4.69) is 31.1 Å². The summed E-state index contributed by atoms with van der Waals surface area (Å²) in [4.78, 5) is 12.9. The van der Waals surface area contributed by atoms with Gasteiger partial charge in [-0.15, -0.1) is 0 Å². The van der Waals surface area contributed by atoms with Crippen LogP contribution >= 0.6 is 0 Å². The number of nitrogens with two attached hydrogens (primary N) is 1. The second-order valence-electron chi connectivity index (χ2n) is 7.30. The van der Waals surface area contributed by atoms with Crippen molar-refractivity contribution in [3.8, 4) is 0 Å². The normalized spacial score (nSPS) is 24.6. The summed E-state index contributed by atoms with van der Waals surface area (Å²) in [5.74, 6) is 0.181. The number of fused-ring (bicyclic) bond motifs is 1. The Labute approximate surface area is 156 Å². The van der Waals surface area contributed by atoms with E-state index in [1.165, 1.54) is 6.92 Å². The molecule has 2 heterocycles. The molecule has 2 aromatic rings. The Hall–Kier alpha value is -2.39. The highest BCUT2D eigenvalue weighted by molar-refractivity contribution is 5.34.